The minimum Gasteiger partial charge on any atom is -0.497 e. The zero-order valence-electron chi connectivity index (χ0n) is 15.6. The van der Waals surface area contributed by atoms with Gasteiger partial charge in [-0.25, -0.2) is 13.4 Å². The first kappa shape index (κ1) is 19.4. The summed E-state index contributed by atoms with van der Waals surface area (Å²) in [5.74, 6) is 1.79. The van der Waals surface area contributed by atoms with E-state index in [1.807, 2.05) is 0 Å². The third-order valence-electron chi connectivity index (χ3n) is 4.37. The topological polar surface area (TPSA) is 90.9 Å². The number of ether oxygens (including phenoxy) is 3. The maximum atomic E-state index is 13.2. The Morgan fingerprint density at radius 1 is 1.19 bits per heavy atom. The van der Waals surface area contributed by atoms with Crippen LogP contribution in [0, 0.1) is 6.92 Å². The van der Waals surface area contributed by atoms with E-state index in [0.717, 1.165) is 6.42 Å². The van der Waals surface area contributed by atoms with E-state index in [-0.39, 0.29) is 23.3 Å². The normalized spacial score (nSPS) is 18.1. The van der Waals surface area contributed by atoms with Gasteiger partial charge in [0.05, 0.1) is 20.8 Å². The van der Waals surface area contributed by atoms with Crippen LogP contribution in [0.15, 0.2) is 35.4 Å². The molecule has 0 N–H and O–H groups in total. The minimum atomic E-state index is -3.76. The van der Waals surface area contributed by atoms with Crippen molar-refractivity contribution in [3.05, 3.63) is 36.3 Å². The van der Waals surface area contributed by atoms with Crippen molar-refractivity contribution in [3.63, 3.8) is 0 Å². The van der Waals surface area contributed by atoms with Crippen LogP contribution in [0.1, 0.15) is 18.7 Å². The van der Waals surface area contributed by atoms with Gasteiger partial charge in [0.15, 0.2) is 0 Å². The highest BCUT2D eigenvalue weighted by atomic mass is 32.2. The van der Waals surface area contributed by atoms with Crippen molar-refractivity contribution in [2.75, 3.05) is 27.3 Å². The van der Waals surface area contributed by atoms with Gasteiger partial charge in [0.1, 0.15) is 28.3 Å². The quantitative estimate of drug-likeness (QED) is 0.742. The van der Waals surface area contributed by atoms with E-state index in [0.29, 0.717) is 30.4 Å². The molecule has 0 radical (unpaired) electrons. The van der Waals surface area contributed by atoms with Gasteiger partial charge < -0.3 is 14.2 Å². The molecule has 1 fully saturated rings. The molecule has 146 valence electrons. The predicted octanol–water partition coefficient (Wildman–Crippen LogP) is 2.03. The molecule has 2 heterocycles. The number of sulfonamides is 1. The third-order valence-corrected chi connectivity index (χ3v) is 6.25. The molecule has 1 aromatic carbocycles. The summed E-state index contributed by atoms with van der Waals surface area (Å²) in [5.41, 5.74) is 0. The van der Waals surface area contributed by atoms with Crippen molar-refractivity contribution >= 4 is 10.0 Å². The van der Waals surface area contributed by atoms with Crippen molar-refractivity contribution in [1.82, 2.24) is 14.3 Å². The molecule has 1 aliphatic rings. The molecule has 0 spiro atoms. The van der Waals surface area contributed by atoms with E-state index >= 15 is 0 Å². The molecule has 1 atom stereocenters. The molecule has 27 heavy (non-hydrogen) atoms. The van der Waals surface area contributed by atoms with Crippen LogP contribution < -0.4 is 14.2 Å². The molecule has 2 aromatic rings. The number of aromatic nitrogens is 2. The van der Waals surface area contributed by atoms with Gasteiger partial charge in [-0.1, -0.05) is 0 Å². The van der Waals surface area contributed by atoms with Crippen LogP contribution in [0.25, 0.3) is 0 Å². The summed E-state index contributed by atoms with van der Waals surface area (Å²) >= 11 is 0. The van der Waals surface area contributed by atoms with Crippen LogP contribution in [-0.2, 0) is 10.0 Å². The van der Waals surface area contributed by atoms with Crippen LogP contribution in [0.4, 0.5) is 0 Å². The SMILES string of the molecule is COc1ccc(OC)c(S(=O)(=O)N2CCC[C@@H](Oc3ccnc(C)n3)C2)c1. The number of hydrogen-bond acceptors (Lipinski definition) is 7. The van der Waals surface area contributed by atoms with Crippen LogP contribution >= 0.6 is 0 Å². The number of hydrogen-bond donors (Lipinski definition) is 0. The standard InChI is InChI=1S/C18H23N3O5S/c1-13-19-9-8-18(20-13)26-15-5-4-10-21(12-15)27(22,23)17-11-14(24-2)6-7-16(17)25-3/h6-9,11,15H,4-5,10,12H2,1-3H3/t15-/m1/s1. The molecule has 0 aliphatic carbocycles. The second-order valence-electron chi connectivity index (χ2n) is 6.20. The van der Waals surface area contributed by atoms with Gasteiger partial charge >= 0.3 is 0 Å². The average Bonchev–Trinajstić information content (AvgIpc) is 2.67. The average molecular weight is 393 g/mol. The van der Waals surface area contributed by atoms with Crippen LogP contribution in [-0.4, -0.2) is 56.1 Å². The molecule has 3 rings (SSSR count). The Labute approximate surface area is 159 Å². The molecule has 0 amide bonds. The number of rotatable bonds is 6. The fourth-order valence-corrected chi connectivity index (χ4v) is 4.70. The van der Waals surface area contributed by atoms with Crippen LogP contribution in [0.5, 0.6) is 17.4 Å². The summed E-state index contributed by atoms with van der Waals surface area (Å²) in [5, 5.41) is 0. The van der Waals surface area contributed by atoms with E-state index < -0.39 is 10.0 Å². The second-order valence-corrected chi connectivity index (χ2v) is 8.11. The maximum absolute atomic E-state index is 13.2. The van der Waals surface area contributed by atoms with E-state index in [2.05, 4.69) is 9.97 Å². The fourth-order valence-electron chi connectivity index (χ4n) is 3.02. The summed E-state index contributed by atoms with van der Waals surface area (Å²) in [7, 11) is -0.818. The zero-order chi connectivity index (χ0) is 19.4. The predicted molar refractivity (Wildman–Crippen MR) is 98.7 cm³/mol. The van der Waals surface area contributed by atoms with E-state index in [1.165, 1.54) is 24.6 Å². The van der Waals surface area contributed by atoms with Crippen molar-refractivity contribution in [2.45, 2.75) is 30.8 Å². The van der Waals surface area contributed by atoms with Crippen LogP contribution in [0.3, 0.4) is 0 Å². The first-order valence-corrected chi connectivity index (χ1v) is 10.1. The number of aryl methyl sites for hydroxylation is 1. The first-order valence-electron chi connectivity index (χ1n) is 8.62. The Morgan fingerprint density at radius 2 is 2.00 bits per heavy atom. The van der Waals surface area contributed by atoms with E-state index in [4.69, 9.17) is 14.2 Å². The van der Waals surface area contributed by atoms with Gasteiger partial charge in [-0.05, 0) is 31.9 Å². The molecule has 0 saturated carbocycles. The Kier molecular flexibility index (Phi) is 5.81. The van der Waals surface area contributed by atoms with Gasteiger partial charge in [-0.15, -0.1) is 0 Å². The minimum absolute atomic E-state index is 0.0860. The highest BCUT2D eigenvalue weighted by Gasteiger charge is 2.33. The summed E-state index contributed by atoms with van der Waals surface area (Å²) in [4.78, 5) is 8.35. The smallest absolute Gasteiger partial charge is 0.247 e. The Bertz CT molecular complexity index is 904. The fraction of sp³-hybridized carbons (Fsp3) is 0.444. The highest BCUT2D eigenvalue weighted by Crippen LogP contribution is 2.32. The largest absolute Gasteiger partial charge is 0.497 e. The molecule has 1 aromatic heterocycles. The van der Waals surface area contributed by atoms with Crippen LogP contribution in [0.2, 0.25) is 0 Å². The zero-order valence-corrected chi connectivity index (χ0v) is 16.4. The monoisotopic (exact) mass is 393 g/mol. The van der Waals surface area contributed by atoms with Gasteiger partial charge in [-0.2, -0.15) is 9.29 Å². The molecule has 1 saturated heterocycles. The lowest BCUT2D eigenvalue weighted by Crippen LogP contribution is -2.44. The third kappa shape index (κ3) is 4.30. The summed E-state index contributed by atoms with van der Waals surface area (Å²) in [6.45, 7) is 2.44. The number of piperidine rings is 1. The van der Waals surface area contributed by atoms with Crippen molar-refractivity contribution in [2.24, 2.45) is 0 Å². The molecular weight excluding hydrogens is 370 g/mol. The van der Waals surface area contributed by atoms with Crippen molar-refractivity contribution in [1.29, 1.82) is 0 Å². The van der Waals surface area contributed by atoms with E-state index in [9.17, 15) is 8.42 Å². The Morgan fingerprint density at radius 3 is 2.70 bits per heavy atom. The highest BCUT2D eigenvalue weighted by molar-refractivity contribution is 7.89. The Balaban J connectivity index is 1.82. The summed E-state index contributed by atoms with van der Waals surface area (Å²) in [6.07, 6.45) is 2.79. The van der Waals surface area contributed by atoms with E-state index in [1.54, 1.807) is 31.3 Å². The molecule has 0 bridgehead atoms. The number of nitrogens with zero attached hydrogens (tertiary/aromatic N) is 3. The number of benzene rings is 1. The van der Waals surface area contributed by atoms with Gasteiger partial charge in [0.2, 0.25) is 15.9 Å². The number of methoxy groups -OCH3 is 2. The lowest BCUT2D eigenvalue weighted by atomic mass is 10.1. The van der Waals surface area contributed by atoms with Gasteiger partial charge in [-0.3, -0.25) is 0 Å². The lowest BCUT2D eigenvalue weighted by Gasteiger charge is -2.32. The molecule has 0 unspecified atom stereocenters. The summed E-state index contributed by atoms with van der Waals surface area (Å²) < 4.78 is 44.1. The molecule has 9 heteroatoms. The second kappa shape index (κ2) is 8.10. The molecule has 1 aliphatic heterocycles. The van der Waals surface area contributed by atoms with Crippen molar-refractivity contribution in [3.8, 4) is 17.4 Å². The van der Waals surface area contributed by atoms with Gasteiger partial charge in [0, 0.05) is 24.9 Å². The maximum Gasteiger partial charge on any atom is 0.247 e. The molecule has 8 nitrogen and oxygen atoms in total. The van der Waals surface area contributed by atoms with Gasteiger partial charge in [0.25, 0.3) is 0 Å². The summed E-state index contributed by atoms with van der Waals surface area (Å²) in [6, 6.07) is 6.41. The lowest BCUT2D eigenvalue weighted by molar-refractivity contribution is 0.124. The van der Waals surface area contributed by atoms with Crippen molar-refractivity contribution < 1.29 is 22.6 Å². The molecular formula is C18H23N3O5S. The Hall–Kier alpha value is -2.39. The first-order chi connectivity index (χ1) is 12.9.